The number of nitrogens with two attached hydrogens (primary N) is 2. The van der Waals surface area contributed by atoms with Gasteiger partial charge in [0.2, 0.25) is 0 Å². The summed E-state index contributed by atoms with van der Waals surface area (Å²) in [5.41, 5.74) is 12.9. The SMILES string of the molecule is Nc1nc(=S)c2ncn([C@@H]3O[C@H](CO)[C@@H](O)[C@H]3O)c2[nH]1.Nc1nc(=S)c2ncn([C@@H]3O[C@H](CO)[C@@H](O)[C@H]3O)c2[nH]1. The Hall–Kier alpha value is -3.18. The van der Waals surface area contributed by atoms with E-state index in [1.165, 1.54) is 21.8 Å². The van der Waals surface area contributed by atoms with Crippen molar-refractivity contribution in [1.82, 2.24) is 39.0 Å². The van der Waals surface area contributed by atoms with Crippen LogP contribution in [-0.2, 0) is 9.47 Å². The molecule has 0 radical (unpaired) electrons. The predicted molar refractivity (Wildman–Crippen MR) is 140 cm³/mol. The van der Waals surface area contributed by atoms with Gasteiger partial charge in [-0.15, -0.1) is 0 Å². The highest BCUT2D eigenvalue weighted by Crippen LogP contribution is 2.32. The van der Waals surface area contributed by atoms with Gasteiger partial charge in [-0.05, 0) is 0 Å². The lowest BCUT2D eigenvalue weighted by atomic mass is 10.1. The first-order valence-electron chi connectivity index (χ1n) is 11.7. The van der Waals surface area contributed by atoms with Crippen molar-refractivity contribution in [2.24, 2.45) is 0 Å². The van der Waals surface area contributed by atoms with Gasteiger partial charge in [-0.1, -0.05) is 24.4 Å². The fraction of sp³-hybridized carbons (Fsp3) is 0.500. The average Bonchev–Trinajstić information content (AvgIpc) is 3.66. The van der Waals surface area contributed by atoms with E-state index in [0.29, 0.717) is 22.3 Å². The van der Waals surface area contributed by atoms with Gasteiger partial charge >= 0.3 is 0 Å². The van der Waals surface area contributed by atoms with Gasteiger partial charge in [0.25, 0.3) is 0 Å². The van der Waals surface area contributed by atoms with Crippen molar-refractivity contribution in [3.05, 3.63) is 21.9 Å². The van der Waals surface area contributed by atoms with E-state index >= 15 is 0 Å². The summed E-state index contributed by atoms with van der Waals surface area (Å²) in [6.45, 7) is -0.803. The topological polar surface area (TPSA) is 285 Å². The second-order valence-electron chi connectivity index (χ2n) is 9.01. The number of anilines is 2. The highest BCUT2D eigenvalue weighted by atomic mass is 32.1. The second-order valence-corrected chi connectivity index (χ2v) is 9.78. The molecule has 2 saturated heterocycles. The molecular formula is C20H26N10O8S2. The van der Waals surface area contributed by atoms with Crippen molar-refractivity contribution in [2.45, 2.75) is 49.1 Å². The number of fused-ring (bicyclic) bond motifs is 2. The Morgan fingerprint density at radius 2 is 1.10 bits per heavy atom. The van der Waals surface area contributed by atoms with Crippen LogP contribution in [0, 0.1) is 9.28 Å². The zero-order valence-corrected chi connectivity index (χ0v) is 22.0. The Bertz CT molecular complexity index is 1520. The highest BCUT2D eigenvalue weighted by molar-refractivity contribution is 7.71. The fourth-order valence-corrected chi connectivity index (χ4v) is 5.01. The van der Waals surface area contributed by atoms with Crippen LogP contribution in [0.25, 0.3) is 22.3 Å². The summed E-state index contributed by atoms with van der Waals surface area (Å²) in [5.74, 6) is 0.215. The molecule has 0 spiro atoms. The third-order valence-corrected chi connectivity index (χ3v) is 7.08. The van der Waals surface area contributed by atoms with E-state index in [-0.39, 0.29) is 21.2 Å². The minimum Gasteiger partial charge on any atom is -0.394 e. The minimum absolute atomic E-state index is 0.107. The molecule has 2 aliphatic heterocycles. The molecule has 40 heavy (non-hydrogen) atoms. The number of aliphatic hydroxyl groups excluding tert-OH is 6. The first-order chi connectivity index (χ1) is 19.0. The average molecular weight is 599 g/mol. The fourth-order valence-electron chi connectivity index (χ4n) is 4.51. The molecule has 12 N–H and O–H groups in total. The Morgan fingerprint density at radius 3 is 1.43 bits per heavy atom. The maximum atomic E-state index is 10.0. The molecule has 0 amide bonds. The van der Waals surface area contributed by atoms with Gasteiger partial charge in [-0.25, -0.2) is 19.9 Å². The van der Waals surface area contributed by atoms with E-state index in [0.717, 1.165) is 0 Å². The number of nitrogen functional groups attached to an aromatic ring is 2. The Balaban J connectivity index is 0.000000161. The minimum atomic E-state index is -1.21. The molecule has 0 saturated carbocycles. The van der Waals surface area contributed by atoms with Crippen molar-refractivity contribution < 1.29 is 40.1 Å². The van der Waals surface area contributed by atoms with E-state index in [4.69, 9.17) is 55.6 Å². The van der Waals surface area contributed by atoms with E-state index < -0.39 is 62.3 Å². The molecular weight excluding hydrogens is 572 g/mol. The van der Waals surface area contributed by atoms with E-state index in [1.54, 1.807) is 0 Å². The molecule has 4 aromatic heterocycles. The normalized spacial score (nSPS) is 30.1. The number of nitrogens with one attached hydrogen (secondary N) is 2. The molecule has 2 fully saturated rings. The Labute approximate surface area is 233 Å². The summed E-state index contributed by atoms with van der Waals surface area (Å²) in [4.78, 5) is 21.5. The second kappa shape index (κ2) is 11.0. The molecule has 6 rings (SSSR count). The van der Waals surface area contributed by atoms with Gasteiger partial charge in [0.1, 0.15) is 59.0 Å². The molecule has 0 aromatic carbocycles. The molecule has 0 aliphatic carbocycles. The van der Waals surface area contributed by atoms with E-state index in [2.05, 4.69) is 29.9 Å². The Morgan fingerprint density at radius 1 is 0.725 bits per heavy atom. The first kappa shape index (κ1) is 28.4. The summed E-state index contributed by atoms with van der Waals surface area (Å²) in [6, 6.07) is 0. The van der Waals surface area contributed by atoms with E-state index in [1.807, 2.05) is 0 Å². The molecule has 4 aromatic rings. The lowest BCUT2D eigenvalue weighted by molar-refractivity contribution is -0.0511. The van der Waals surface area contributed by atoms with Crippen molar-refractivity contribution >= 4 is 58.7 Å². The van der Waals surface area contributed by atoms with Gasteiger partial charge in [-0.3, -0.25) is 9.13 Å². The number of H-pyrrole nitrogens is 2. The lowest BCUT2D eigenvalue weighted by Crippen LogP contribution is -2.33. The third kappa shape index (κ3) is 4.83. The number of aromatic amines is 2. The molecule has 8 atom stereocenters. The first-order valence-corrected chi connectivity index (χ1v) is 12.6. The van der Waals surface area contributed by atoms with Crippen molar-refractivity contribution in [3.8, 4) is 0 Å². The lowest BCUT2D eigenvalue weighted by Gasteiger charge is -2.16. The van der Waals surface area contributed by atoms with Crippen molar-refractivity contribution in [2.75, 3.05) is 24.7 Å². The molecule has 6 heterocycles. The number of nitrogens with zero attached hydrogens (tertiary/aromatic N) is 6. The van der Waals surface area contributed by atoms with Crippen LogP contribution in [0.1, 0.15) is 12.5 Å². The van der Waals surface area contributed by atoms with Gasteiger partial charge in [0, 0.05) is 0 Å². The van der Waals surface area contributed by atoms with Gasteiger partial charge in [-0.2, -0.15) is 0 Å². The predicted octanol–water partition coefficient (Wildman–Crippen LogP) is -2.63. The largest absolute Gasteiger partial charge is 0.394 e. The number of aromatic nitrogens is 8. The maximum Gasteiger partial charge on any atom is 0.200 e. The number of hydrogen-bond donors (Lipinski definition) is 10. The monoisotopic (exact) mass is 598 g/mol. The maximum absolute atomic E-state index is 10.0. The number of hydrogen-bond acceptors (Lipinski definition) is 16. The zero-order valence-electron chi connectivity index (χ0n) is 20.3. The van der Waals surface area contributed by atoms with Gasteiger partial charge < -0.3 is 61.5 Å². The molecule has 18 nitrogen and oxygen atoms in total. The van der Waals surface area contributed by atoms with Crippen molar-refractivity contribution in [1.29, 1.82) is 0 Å². The third-order valence-electron chi connectivity index (χ3n) is 6.51. The summed E-state index contributed by atoms with van der Waals surface area (Å²) in [6.07, 6.45) is -5.53. The van der Waals surface area contributed by atoms with Crippen LogP contribution >= 0.6 is 24.4 Å². The van der Waals surface area contributed by atoms with Crippen LogP contribution in [-0.4, -0.2) is 120 Å². The summed E-state index contributed by atoms with van der Waals surface area (Å²) in [7, 11) is 0. The summed E-state index contributed by atoms with van der Waals surface area (Å²) >= 11 is 10.1. The number of rotatable bonds is 4. The van der Waals surface area contributed by atoms with Crippen LogP contribution in [0.5, 0.6) is 0 Å². The summed E-state index contributed by atoms with van der Waals surface area (Å²) < 4.78 is 14.2. The van der Waals surface area contributed by atoms with Crippen LogP contribution in [0.2, 0.25) is 0 Å². The smallest absolute Gasteiger partial charge is 0.200 e. The van der Waals surface area contributed by atoms with Crippen LogP contribution < -0.4 is 11.5 Å². The van der Waals surface area contributed by atoms with Gasteiger partial charge in [0.05, 0.1) is 25.9 Å². The molecule has 0 bridgehead atoms. The number of aliphatic hydroxyl groups is 6. The molecule has 0 unspecified atom stereocenters. The van der Waals surface area contributed by atoms with Gasteiger partial charge in [0.15, 0.2) is 33.6 Å². The van der Waals surface area contributed by atoms with Crippen LogP contribution in [0.4, 0.5) is 11.9 Å². The number of imidazole rings is 2. The molecule has 20 heteroatoms. The van der Waals surface area contributed by atoms with E-state index in [9.17, 15) is 20.4 Å². The van der Waals surface area contributed by atoms with Crippen LogP contribution in [0.15, 0.2) is 12.7 Å². The molecule has 2 aliphatic rings. The Kier molecular flexibility index (Phi) is 7.80. The highest BCUT2D eigenvalue weighted by Gasteiger charge is 2.45. The standard InChI is InChI=1S/2C10H13N5O4S/c2*11-10-13-7-4(8(20)14-10)12-2-15(7)9-6(18)5(17)3(1-16)19-9/h2*2-3,5-6,9,16-18H,1H2,(H3,11,13,14,20)/t2*3-,5-,6-,9-/m11/s1. The summed E-state index contributed by atoms with van der Waals surface area (Å²) in [5, 5.41) is 57.7. The van der Waals surface area contributed by atoms with Crippen molar-refractivity contribution in [3.63, 3.8) is 0 Å². The van der Waals surface area contributed by atoms with Crippen LogP contribution in [0.3, 0.4) is 0 Å². The zero-order chi connectivity index (χ0) is 28.9. The molecule has 216 valence electrons. The number of ether oxygens (including phenoxy) is 2. The quantitative estimate of drug-likeness (QED) is 0.107.